The Kier molecular flexibility index (Phi) is 3.61. The van der Waals surface area contributed by atoms with Crippen molar-refractivity contribution in [2.75, 3.05) is 0 Å². The topological polar surface area (TPSA) is 73.0 Å². The molecule has 0 saturated heterocycles. The first-order chi connectivity index (χ1) is 6.75. The minimum absolute atomic E-state index is 0.132. The molecule has 0 aromatic carbocycles. The maximum absolute atomic E-state index is 12.4. The molecule has 1 aromatic heterocycles. The highest BCUT2D eigenvalue weighted by Gasteiger charge is 2.21. The number of aromatic nitrogens is 1. The molecule has 0 saturated carbocycles. The number of hydrogen-bond acceptors (Lipinski definition) is 3. The highest BCUT2D eigenvalue weighted by atomic mass is 127. The number of primary sulfonamides is 1. The average molecular weight is 348 g/mol. The van der Waals surface area contributed by atoms with E-state index in [-0.39, 0.29) is 19.7 Å². The van der Waals surface area contributed by atoms with E-state index in [0.29, 0.717) is 0 Å². The summed E-state index contributed by atoms with van der Waals surface area (Å²) in [5, 5.41) is 4.50. The van der Waals surface area contributed by atoms with E-state index >= 15 is 0 Å². The Morgan fingerprint density at radius 1 is 1.53 bits per heavy atom. The maximum atomic E-state index is 12.4. The summed E-state index contributed by atoms with van der Waals surface area (Å²) in [5.41, 5.74) is -0.101. The molecule has 1 heterocycles. The summed E-state index contributed by atoms with van der Waals surface area (Å²) in [6, 6.07) is 0. The molecule has 15 heavy (non-hydrogen) atoms. The first-order valence-electron chi connectivity index (χ1n) is 3.71. The van der Waals surface area contributed by atoms with Gasteiger partial charge in [0, 0.05) is 11.8 Å². The molecule has 0 aliphatic heterocycles. The molecular formula is C7H7F2IN2O2S. The fraction of sp³-hybridized carbons (Fsp3) is 0.286. The standard InChI is InChI=1S/C7H7F2IN2O2S/c1-3-4(6(8)9)2-12-7(5(3)10)15(11,13)14/h2,6H,1H3,(H2,11,13,14). The fourth-order valence-corrected chi connectivity index (χ4v) is 2.96. The lowest BCUT2D eigenvalue weighted by molar-refractivity contribution is 0.150. The Balaban J connectivity index is 3.48. The van der Waals surface area contributed by atoms with Crippen molar-refractivity contribution in [1.82, 2.24) is 4.98 Å². The van der Waals surface area contributed by atoms with E-state index < -0.39 is 16.4 Å². The highest BCUT2D eigenvalue weighted by molar-refractivity contribution is 14.1. The van der Waals surface area contributed by atoms with E-state index in [2.05, 4.69) is 4.98 Å². The summed E-state index contributed by atoms with van der Waals surface area (Å²) < 4.78 is 47.0. The Hall–Kier alpha value is -0.350. The molecule has 0 aliphatic rings. The monoisotopic (exact) mass is 348 g/mol. The van der Waals surface area contributed by atoms with Gasteiger partial charge >= 0.3 is 0 Å². The molecule has 0 radical (unpaired) electrons. The molecule has 0 aliphatic carbocycles. The van der Waals surface area contributed by atoms with Gasteiger partial charge in [-0.2, -0.15) is 0 Å². The molecule has 8 heteroatoms. The summed E-state index contributed by atoms with van der Waals surface area (Å²) in [6.07, 6.45) is -1.84. The Morgan fingerprint density at radius 3 is 2.47 bits per heavy atom. The van der Waals surface area contributed by atoms with Crippen LogP contribution in [0.5, 0.6) is 0 Å². The van der Waals surface area contributed by atoms with Crippen molar-refractivity contribution in [2.45, 2.75) is 18.4 Å². The average Bonchev–Trinajstić information content (AvgIpc) is 2.06. The van der Waals surface area contributed by atoms with Gasteiger partial charge in [0.25, 0.3) is 16.4 Å². The van der Waals surface area contributed by atoms with Crippen molar-refractivity contribution < 1.29 is 17.2 Å². The second-order valence-corrected chi connectivity index (χ2v) is 5.36. The minimum atomic E-state index is -3.96. The van der Waals surface area contributed by atoms with Crippen LogP contribution >= 0.6 is 22.6 Å². The van der Waals surface area contributed by atoms with Crippen LogP contribution in [0.3, 0.4) is 0 Å². The number of halogens is 3. The number of rotatable bonds is 2. The third-order valence-electron chi connectivity index (χ3n) is 1.78. The third-order valence-corrected chi connectivity index (χ3v) is 4.31. The number of hydrogen-bond donors (Lipinski definition) is 1. The maximum Gasteiger partial charge on any atom is 0.265 e. The fourth-order valence-electron chi connectivity index (χ4n) is 0.987. The van der Waals surface area contributed by atoms with Crippen LogP contribution < -0.4 is 5.14 Å². The van der Waals surface area contributed by atoms with Crippen molar-refractivity contribution in [1.29, 1.82) is 0 Å². The zero-order valence-corrected chi connectivity index (χ0v) is 10.5. The van der Waals surface area contributed by atoms with Crippen LogP contribution in [-0.2, 0) is 10.0 Å². The van der Waals surface area contributed by atoms with E-state index in [4.69, 9.17) is 5.14 Å². The van der Waals surface area contributed by atoms with Crippen LogP contribution in [0.15, 0.2) is 11.2 Å². The van der Waals surface area contributed by atoms with E-state index in [1.165, 1.54) is 6.92 Å². The highest BCUT2D eigenvalue weighted by Crippen LogP contribution is 2.27. The van der Waals surface area contributed by atoms with Gasteiger partial charge in [0.2, 0.25) is 0 Å². The number of sulfonamides is 1. The molecule has 0 bridgehead atoms. The van der Waals surface area contributed by atoms with E-state index in [0.717, 1.165) is 6.20 Å². The zero-order chi connectivity index (χ0) is 11.8. The molecule has 0 unspecified atom stereocenters. The van der Waals surface area contributed by atoms with E-state index in [1.54, 1.807) is 22.6 Å². The molecular weight excluding hydrogens is 341 g/mol. The van der Waals surface area contributed by atoms with Gasteiger partial charge in [0.05, 0.1) is 3.57 Å². The molecule has 0 atom stereocenters. The van der Waals surface area contributed by atoms with Crippen molar-refractivity contribution in [3.05, 3.63) is 20.9 Å². The van der Waals surface area contributed by atoms with Gasteiger partial charge in [-0.1, -0.05) is 0 Å². The summed E-state index contributed by atoms with van der Waals surface area (Å²) in [6.45, 7) is 1.40. The molecule has 1 aromatic rings. The van der Waals surface area contributed by atoms with Crippen LogP contribution in [-0.4, -0.2) is 13.4 Å². The van der Waals surface area contributed by atoms with Crippen LogP contribution in [0, 0.1) is 10.5 Å². The second kappa shape index (κ2) is 4.26. The quantitative estimate of drug-likeness (QED) is 0.825. The predicted molar refractivity (Wildman–Crippen MR) is 58.0 cm³/mol. The molecule has 84 valence electrons. The Labute approximate surface area is 99.1 Å². The van der Waals surface area contributed by atoms with Gasteiger partial charge in [-0.05, 0) is 35.1 Å². The second-order valence-electron chi connectivity index (χ2n) is 2.80. The van der Waals surface area contributed by atoms with Crippen LogP contribution in [0.4, 0.5) is 8.78 Å². The van der Waals surface area contributed by atoms with Crippen molar-refractivity contribution >= 4 is 32.6 Å². The van der Waals surface area contributed by atoms with Gasteiger partial charge in [0.1, 0.15) is 0 Å². The van der Waals surface area contributed by atoms with Gasteiger partial charge in [-0.25, -0.2) is 27.3 Å². The molecule has 0 fully saturated rings. The lowest BCUT2D eigenvalue weighted by atomic mass is 10.2. The zero-order valence-electron chi connectivity index (χ0n) is 7.54. The molecule has 0 amide bonds. The first-order valence-corrected chi connectivity index (χ1v) is 6.33. The summed E-state index contributed by atoms with van der Waals surface area (Å²) in [7, 11) is -3.96. The SMILES string of the molecule is Cc1c(C(F)F)cnc(S(N)(=O)=O)c1I. The smallest absolute Gasteiger partial charge is 0.242 e. The Morgan fingerprint density at radius 2 is 2.07 bits per heavy atom. The lowest BCUT2D eigenvalue weighted by Crippen LogP contribution is -2.17. The van der Waals surface area contributed by atoms with Gasteiger partial charge in [-0.3, -0.25) is 0 Å². The van der Waals surface area contributed by atoms with Gasteiger partial charge in [0.15, 0.2) is 5.03 Å². The van der Waals surface area contributed by atoms with Crippen LogP contribution in [0.2, 0.25) is 0 Å². The summed E-state index contributed by atoms with van der Waals surface area (Å²) in [4.78, 5) is 3.43. The normalized spacial score (nSPS) is 12.1. The van der Waals surface area contributed by atoms with E-state index in [1.807, 2.05) is 0 Å². The molecule has 2 N–H and O–H groups in total. The number of nitrogens with zero attached hydrogens (tertiary/aromatic N) is 1. The molecule has 1 rings (SSSR count). The first kappa shape index (κ1) is 12.7. The van der Waals surface area contributed by atoms with Crippen LogP contribution in [0.1, 0.15) is 17.6 Å². The van der Waals surface area contributed by atoms with Crippen molar-refractivity contribution in [3.8, 4) is 0 Å². The van der Waals surface area contributed by atoms with E-state index in [9.17, 15) is 17.2 Å². The third kappa shape index (κ3) is 2.61. The molecule has 4 nitrogen and oxygen atoms in total. The van der Waals surface area contributed by atoms with Crippen LogP contribution in [0.25, 0.3) is 0 Å². The minimum Gasteiger partial charge on any atom is -0.242 e. The Bertz CT molecular complexity index is 490. The molecule has 0 spiro atoms. The number of alkyl halides is 2. The summed E-state index contributed by atoms with van der Waals surface area (Å²) >= 11 is 1.63. The number of pyridine rings is 1. The van der Waals surface area contributed by atoms with Crippen molar-refractivity contribution in [2.24, 2.45) is 5.14 Å². The van der Waals surface area contributed by atoms with Crippen molar-refractivity contribution in [3.63, 3.8) is 0 Å². The summed E-state index contributed by atoms with van der Waals surface area (Å²) in [5.74, 6) is 0. The largest absolute Gasteiger partial charge is 0.265 e. The predicted octanol–water partition coefficient (Wildman–Crippen LogP) is 1.58. The van der Waals surface area contributed by atoms with Gasteiger partial charge in [-0.15, -0.1) is 0 Å². The lowest BCUT2D eigenvalue weighted by Gasteiger charge is -2.08. The number of nitrogens with two attached hydrogens (primary N) is 1. The van der Waals surface area contributed by atoms with Gasteiger partial charge < -0.3 is 0 Å².